The van der Waals surface area contributed by atoms with Crippen LogP contribution in [0.1, 0.15) is 27.7 Å². The third-order valence-corrected chi connectivity index (χ3v) is 7.17. The molecule has 2 aliphatic rings. The van der Waals surface area contributed by atoms with E-state index in [9.17, 15) is 9.59 Å². The van der Waals surface area contributed by atoms with E-state index in [1.54, 1.807) is 11.3 Å². The van der Waals surface area contributed by atoms with E-state index >= 15 is 0 Å². The van der Waals surface area contributed by atoms with Crippen LogP contribution in [0.25, 0.3) is 10.4 Å². The second kappa shape index (κ2) is 6.21. The molecule has 26 heavy (non-hydrogen) atoms. The molecule has 0 N–H and O–H groups in total. The van der Waals surface area contributed by atoms with Crippen molar-refractivity contribution in [2.45, 2.75) is 18.9 Å². The van der Waals surface area contributed by atoms with E-state index < -0.39 is 0 Å². The zero-order valence-corrected chi connectivity index (χ0v) is 15.8. The Bertz CT molecular complexity index is 1010. The van der Waals surface area contributed by atoms with Crippen LogP contribution >= 0.6 is 22.7 Å². The minimum absolute atomic E-state index is 0.109. The second-order valence-corrected chi connectivity index (χ2v) is 8.95. The molecule has 4 nitrogen and oxygen atoms in total. The predicted molar refractivity (Wildman–Crippen MR) is 105 cm³/mol. The maximum absolute atomic E-state index is 13.0. The average molecular weight is 383 g/mol. The van der Waals surface area contributed by atoms with Gasteiger partial charge in [0.2, 0.25) is 0 Å². The second-order valence-electron chi connectivity index (χ2n) is 7.05. The molecule has 1 amide bonds. The summed E-state index contributed by atoms with van der Waals surface area (Å²) in [5.41, 5.74) is 1.98. The number of fused-ring (bicyclic) bond motifs is 4. The van der Waals surface area contributed by atoms with Gasteiger partial charge in [0.05, 0.1) is 10.4 Å². The number of hydrogen-bond donors (Lipinski definition) is 0. The van der Waals surface area contributed by atoms with Crippen molar-refractivity contribution in [3.8, 4) is 10.4 Å². The summed E-state index contributed by atoms with van der Waals surface area (Å²) >= 11 is 3.10. The van der Waals surface area contributed by atoms with Gasteiger partial charge in [-0.25, -0.2) is 0 Å². The lowest BCUT2D eigenvalue weighted by Crippen LogP contribution is -2.49. The molecule has 2 atom stereocenters. The molecule has 0 aliphatic carbocycles. The molecular weight excluding hydrogens is 364 g/mol. The Morgan fingerprint density at radius 2 is 1.85 bits per heavy atom. The van der Waals surface area contributed by atoms with E-state index in [4.69, 9.17) is 0 Å². The van der Waals surface area contributed by atoms with Crippen molar-refractivity contribution in [1.29, 1.82) is 0 Å². The van der Waals surface area contributed by atoms with Crippen molar-refractivity contribution in [1.82, 2.24) is 9.47 Å². The zero-order chi connectivity index (χ0) is 17.7. The summed E-state index contributed by atoms with van der Waals surface area (Å²) in [5.74, 6) is 0.721. The summed E-state index contributed by atoms with van der Waals surface area (Å²) in [6.07, 6.45) is 1.06. The lowest BCUT2D eigenvalue weighted by atomic mass is 9.83. The molecule has 0 radical (unpaired) electrons. The number of thiophene rings is 2. The molecule has 2 aliphatic heterocycles. The van der Waals surface area contributed by atoms with E-state index in [0.717, 1.165) is 34.0 Å². The van der Waals surface area contributed by atoms with Gasteiger partial charge in [0.25, 0.3) is 11.5 Å². The van der Waals surface area contributed by atoms with Crippen LogP contribution < -0.4 is 5.56 Å². The molecule has 1 fully saturated rings. The maximum atomic E-state index is 13.0. The third kappa shape index (κ3) is 2.56. The highest BCUT2D eigenvalue weighted by Gasteiger charge is 2.37. The summed E-state index contributed by atoms with van der Waals surface area (Å²) in [6.45, 7) is 2.14. The Hall–Kier alpha value is -2.18. The lowest BCUT2D eigenvalue weighted by Gasteiger charge is -2.42. The summed E-state index contributed by atoms with van der Waals surface area (Å²) < 4.78 is 1.96. The number of amides is 1. The monoisotopic (exact) mass is 382 g/mol. The summed E-state index contributed by atoms with van der Waals surface area (Å²) in [7, 11) is 0. The Balaban J connectivity index is 1.49. The molecule has 2 bridgehead atoms. The molecule has 3 aromatic heterocycles. The Labute approximate surface area is 159 Å². The molecule has 2 unspecified atom stereocenters. The van der Waals surface area contributed by atoms with Crippen molar-refractivity contribution >= 4 is 28.6 Å². The van der Waals surface area contributed by atoms with Crippen LogP contribution in [0.4, 0.5) is 0 Å². The van der Waals surface area contributed by atoms with Gasteiger partial charge in [-0.05, 0) is 47.4 Å². The number of hydrogen-bond acceptors (Lipinski definition) is 4. The van der Waals surface area contributed by atoms with E-state index in [1.807, 2.05) is 50.6 Å². The number of carbonyl (C=O) groups is 1. The normalized spacial score (nSPS) is 21.5. The first kappa shape index (κ1) is 16.0. The molecule has 6 heteroatoms. The summed E-state index contributed by atoms with van der Waals surface area (Å²) in [4.78, 5) is 29.6. The van der Waals surface area contributed by atoms with E-state index in [0.29, 0.717) is 19.0 Å². The van der Waals surface area contributed by atoms with Gasteiger partial charge < -0.3 is 9.47 Å². The van der Waals surface area contributed by atoms with Gasteiger partial charge in [0.15, 0.2) is 0 Å². The molecular formula is C20H18N2O2S2. The number of likely N-dealkylation sites (tertiary alicyclic amines) is 1. The molecule has 5 heterocycles. The molecule has 3 aromatic rings. The smallest absolute Gasteiger partial charge is 0.263 e. The Morgan fingerprint density at radius 1 is 1.00 bits per heavy atom. The first-order chi connectivity index (χ1) is 12.7. The van der Waals surface area contributed by atoms with Crippen molar-refractivity contribution in [3.05, 3.63) is 68.1 Å². The number of aromatic nitrogens is 1. The van der Waals surface area contributed by atoms with Gasteiger partial charge >= 0.3 is 0 Å². The zero-order valence-electron chi connectivity index (χ0n) is 14.1. The average Bonchev–Trinajstić information content (AvgIpc) is 3.36. The minimum Gasteiger partial charge on any atom is -0.337 e. The fraction of sp³-hybridized carbons (Fsp3) is 0.300. The van der Waals surface area contributed by atoms with E-state index in [1.165, 1.54) is 11.3 Å². The highest BCUT2D eigenvalue weighted by molar-refractivity contribution is 7.13. The number of piperidine rings is 1. The molecule has 5 rings (SSSR count). The third-order valence-electron chi connectivity index (χ3n) is 5.41. The van der Waals surface area contributed by atoms with Gasteiger partial charge in [-0.15, -0.1) is 22.7 Å². The molecule has 0 aromatic carbocycles. The van der Waals surface area contributed by atoms with E-state index in [2.05, 4.69) is 6.07 Å². The van der Waals surface area contributed by atoms with Crippen LogP contribution in [0.2, 0.25) is 0 Å². The van der Waals surface area contributed by atoms with Crippen LogP contribution in [0, 0.1) is 5.92 Å². The fourth-order valence-corrected chi connectivity index (χ4v) is 5.72. The van der Waals surface area contributed by atoms with Gasteiger partial charge in [0.1, 0.15) is 0 Å². The Morgan fingerprint density at radius 3 is 2.62 bits per heavy atom. The standard InChI is InChI=1S/C20H18N2O2S2/c23-19-15(17-3-1-7-25-17)5-6-16-14-9-13(11-22(16)19)10-21(12-14)20(24)18-4-2-8-26-18/h1-8,13-14H,9-12H2. The van der Waals surface area contributed by atoms with Crippen LogP contribution in [0.15, 0.2) is 52.0 Å². The van der Waals surface area contributed by atoms with Gasteiger partial charge in [-0.1, -0.05) is 12.1 Å². The van der Waals surface area contributed by atoms with Crippen LogP contribution in [0.3, 0.4) is 0 Å². The first-order valence-electron chi connectivity index (χ1n) is 8.81. The van der Waals surface area contributed by atoms with Crippen molar-refractivity contribution in [3.63, 3.8) is 0 Å². The number of nitrogens with zero attached hydrogens (tertiary/aromatic N) is 2. The quantitative estimate of drug-likeness (QED) is 0.675. The maximum Gasteiger partial charge on any atom is 0.263 e. The number of pyridine rings is 1. The van der Waals surface area contributed by atoms with Crippen LogP contribution in [0.5, 0.6) is 0 Å². The SMILES string of the molecule is O=C(c1cccs1)N1CC2CC(C1)c1ccc(-c3cccs3)c(=O)n1C2. The molecule has 132 valence electrons. The number of carbonyl (C=O) groups excluding carboxylic acids is 1. The molecule has 0 spiro atoms. The van der Waals surface area contributed by atoms with Crippen LogP contribution in [-0.2, 0) is 6.54 Å². The van der Waals surface area contributed by atoms with Gasteiger partial charge in [-0.2, -0.15) is 0 Å². The molecule has 0 saturated carbocycles. The van der Waals surface area contributed by atoms with Crippen molar-refractivity contribution in [2.75, 3.05) is 13.1 Å². The topological polar surface area (TPSA) is 42.3 Å². The lowest BCUT2D eigenvalue weighted by molar-refractivity contribution is 0.0599. The van der Waals surface area contributed by atoms with Crippen molar-refractivity contribution in [2.24, 2.45) is 5.92 Å². The predicted octanol–water partition coefficient (Wildman–Crippen LogP) is 3.90. The largest absolute Gasteiger partial charge is 0.337 e. The molecule has 1 saturated heterocycles. The highest BCUT2D eigenvalue weighted by atomic mass is 32.1. The summed E-state index contributed by atoms with van der Waals surface area (Å²) in [6, 6.07) is 11.8. The van der Waals surface area contributed by atoms with Crippen molar-refractivity contribution < 1.29 is 4.79 Å². The summed E-state index contributed by atoms with van der Waals surface area (Å²) in [5, 5.41) is 3.95. The first-order valence-corrected chi connectivity index (χ1v) is 10.6. The van der Waals surface area contributed by atoms with Gasteiger partial charge in [-0.3, -0.25) is 9.59 Å². The Kier molecular flexibility index (Phi) is 3.83. The highest BCUT2D eigenvalue weighted by Crippen LogP contribution is 2.36. The number of rotatable bonds is 2. The van der Waals surface area contributed by atoms with Crippen LogP contribution in [-0.4, -0.2) is 28.5 Å². The fourth-order valence-electron chi connectivity index (χ4n) is 4.29. The van der Waals surface area contributed by atoms with Gasteiger partial charge in [0, 0.05) is 36.1 Å². The van der Waals surface area contributed by atoms with E-state index in [-0.39, 0.29) is 17.4 Å². The minimum atomic E-state index is 0.109.